The molecule has 0 atom stereocenters. The zero-order valence-corrected chi connectivity index (χ0v) is 21.5. The minimum atomic E-state index is -2.95. The SMILES string of the molecule is Cc1cc2nnc(C(=O)N3CCC(c4nc(C(=O)NCc5ccccc5OC(F)F)cs4)CC3)c(C)n2n1. The lowest BCUT2D eigenvalue weighted by Gasteiger charge is -2.31. The Morgan fingerprint density at radius 3 is 2.71 bits per heavy atom. The number of amides is 2. The molecule has 1 fully saturated rings. The van der Waals surface area contributed by atoms with Crippen molar-refractivity contribution in [3.63, 3.8) is 0 Å². The summed E-state index contributed by atoms with van der Waals surface area (Å²) in [5, 5.41) is 17.9. The van der Waals surface area contributed by atoms with E-state index >= 15 is 0 Å². The van der Waals surface area contributed by atoms with Crippen molar-refractivity contribution in [1.82, 2.24) is 35.0 Å². The van der Waals surface area contributed by atoms with E-state index in [-0.39, 0.29) is 35.5 Å². The maximum Gasteiger partial charge on any atom is 0.387 e. The monoisotopic (exact) mass is 541 g/mol. The molecule has 13 heteroatoms. The van der Waals surface area contributed by atoms with E-state index in [2.05, 4.69) is 30.3 Å². The molecule has 1 aliphatic heterocycles. The molecule has 0 unspecified atom stereocenters. The van der Waals surface area contributed by atoms with Crippen LogP contribution in [0.3, 0.4) is 0 Å². The number of nitrogens with zero attached hydrogens (tertiary/aromatic N) is 6. The van der Waals surface area contributed by atoms with E-state index in [1.54, 1.807) is 39.9 Å². The molecule has 0 spiro atoms. The number of aromatic nitrogens is 5. The second-order valence-electron chi connectivity index (χ2n) is 9.00. The summed E-state index contributed by atoms with van der Waals surface area (Å²) in [7, 11) is 0. The van der Waals surface area contributed by atoms with E-state index in [0.717, 1.165) is 10.7 Å². The number of hydrogen-bond donors (Lipinski definition) is 1. The van der Waals surface area contributed by atoms with Gasteiger partial charge in [0.15, 0.2) is 11.3 Å². The number of rotatable bonds is 7. The highest BCUT2D eigenvalue weighted by Crippen LogP contribution is 2.31. The Kier molecular flexibility index (Phi) is 7.27. The van der Waals surface area contributed by atoms with Gasteiger partial charge in [0.25, 0.3) is 11.8 Å². The molecule has 10 nitrogen and oxygen atoms in total. The first-order valence-electron chi connectivity index (χ1n) is 12.1. The van der Waals surface area contributed by atoms with E-state index in [1.165, 1.54) is 17.4 Å². The van der Waals surface area contributed by atoms with Gasteiger partial charge >= 0.3 is 6.61 Å². The van der Waals surface area contributed by atoms with Crippen molar-refractivity contribution in [1.29, 1.82) is 0 Å². The van der Waals surface area contributed by atoms with E-state index in [9.17, 15) is 18.4 Å². The van der Waals surface area contributed by atoms with E-state index in [0.29, 0.717) is 42.8 Å². The van der Waals surface area contributed by atoms with E-state index in [1.807, 2.05) is 13.0 Å². The Balaban J connectivity index is 1.18. The summed E-state index contributed by atoms with van der Waals surface area (Å²) in [6.45, 7) is 1.81. The minimum Gasteiger partial charge on any atom is -0.434 e. The highest BCUT2D eigenvalue weighted by atomic mass is 32.1. The van der Waals surface area contributed by atoms with Crippen LogP contribution in [-0.2, 0) is 6.54 Å². The van der Waals surface area contributed by atoms with Gasteiger partial charge in [0.05, 0.1) is 16.4 Å². The van der Waals surface area contributed by atoms with Crippen LogP contribution in [0, 0.1) is 13.8 Å². The number of carbonyl (C=O) groups is 2. The van der Waals surface area contributed by atoms with Crippen LogP contribution in [-0.4, -0.2) is 61.2 Å². The predicted octanol–water partition coefficient (Wildman–Crippen LogP) is 3.75. The number of hydrogen-bond acceptors (Lipinski definition) is 8. The van der Waals surface area contributed by atoms with Crippen molar-refractivity contribution in [2.24, 2.45) is 0 Å². The molecular formula is C25H25F2N7O3S. The predicted molar refractivity (Wildman–Crippen MR) is 134 cm³/mol. The highest BCUT2D eigenvalue weighted by molar-refractivity contribution is 7.09. The molecule has 1 N–H and O–H groups in total. The van der Waals surface area contributed by atoms with Gasteiger partial charge in [-0.15, -0.1) is 21.5 Å². The van der Waals surface area contributed by atoms with Crippen molar-refractivity contribution in [2.75, 3.05) is 13.1 Å². The van der Waals surface area contributed by atoms with Crippen LogP contribution in [0.1, 0.15) is 61.7 Å². The third kappa shape index (κ3) is 5.32. The number of piperidine rings is 1. The lowest BCUT2D eigenvalue weighted by Crippen LogP contribution is -2.39. The molecule has 198 valence electrons. The van der Waals surface area contributed by atoms with Crippen LogP contribution in [0.25, 0.3) is 5.65 Å². The molecule has 4 aromatic rings. The molecule has 5 rings (SSSR count). The molecule has 0 aliphatic carbocycles. The third-order valence-corrected chi connectivity index (χ3v) is 7.45. The molecule has 1 aromatic carbocycles. The average molecular weight is 542 g/mol. The van der Waals surface area contributed by atoms with Crippen molar-refractivity contribution in [3.8, 4) is 5.75 Å². The third-order valence-electron chi connectivity index (χ3n) is 6.44. The Labute approximate surface area is 220 Å². The lowest BCUT2D eigenvalue weighted by atomic mass is 9.97. The van der Waals surface area contributed by atoms with Crippen LogP contribution < -0.4 is 10.1 Å². The van der Waals surface area contributed by atoms with Gasteiger partial charge < -0.3 is 15.0 Å². The number of ether oxygens (including phenoxy) is 1. The number of fused-ring (bicyclic) bond motifs is 1. The normalized spacial score (nSPS) is 14.3. The van der Waals surface area contributed by atoms with Crippen LogP contribution >= 0.6 is 11.3 Å². The number of alkyl halides is 2. The summed E-state index contributed by atoms with van der Waals surface area (Å²) in [6, 6.07) is 8.12. The standard InChI is InChI=1S/C25H25F2N7O3S/c1-14-11-20-30-31-21(15(2)34(20)32-14)24(36)33-9-7-16(8-10-33)23-29-18(13-38-23)22(35)28-12-17-5-3-4-6-19(17)37-25(26)27/h3-6,11,13,16,25H,7-10,12H2,1-2H3,(H,28,35). The topological polar surface area (TPSA) is 115 Å². The first kappa shape index (κ1) is 25.6. The molecule has 4 heterocycles. The van der Waals surface area contributed by atoms with Gasteiger partial charge in [-0.05, 0) is 32.8 Å². The van der Waals surface area contributed by atoms with Crippen molar-refractivity contribution in [3.05, 3.63) is 69.1 Å². The maximum absolute atomic E-state index is 13.1. The molecule has 1 saturated heterocycles. The molecule has 2 amide bonds. The average Bonchev–Trinajstić information content (AvgIpc) is 3.55. The summed E-state index contributed by atoms with van der Waals surface area (Å²) in [6.07, 6.45) is 1.41. The summed E-state index contributed by atoms with van der Waals surface area (Å²) in [4.78, 5) is 32.1. The zero-order chi connectivity index (χ0) is 26.8. The fourth-order valence-electron chi connectivity index (χ4n) is 4.46. The number of halogens is 2. The number of likely N-dealkylation sites (tertiary alicyclic amines) is 1. The number of para-hydroxylation sites is 1. The Bertz CT molecular complexity index is 1480. The lowest BCUT2D eigenvalue weighted by molar-refractivity contribution is -0.0504. The molecule has 0 radical (unpaired) electrons. The van der Waals surface area contributed by atoms with Crippen LogP contribution in [0.2, 0.25) is 0 Å². The maximum atomic E-state index is 13.1. The van der Waals surface area contributed by atoms with Crippen molar-refractivity contribution in [2.45, 2.75) is 45.8 Å². The fourth-order valence-corrected chi connectivity index (χ4v) is 5.43. The fraction of sp³-hybridized carbons (Fsp3) is 0.360. The second-order valence-corrected chi connectivity index (χ2v) is 9.89. The van der Waals surface area contributed by atoms with Crippen LogP contribution in [0.4, 0.5) is 8.78 Å². The summed E-state index contributed by atoms with van der Waals surface area (Å²) in [5.41, 5.74) is 3.04. The van der Waals surface area contributed by atoms with Crippen LogP contribution in [0.5, 0.6) is 5.75 Å². The number of aryl methyl sites for hydroxylation is 2. The summed E-state index contributed by atoms with van der Waals surface area (Å²) in [5.74, 6) is -0.442. The quantitative estimate of drug-likeness (QED) is 0.379. The molecule has 38 heavy (non-hydrogen) atoms. The number of thiazole rings is 1. The number of carbonyl (C=O) groups excluding carboxylic acids is 2. The van der Waals surface area contributed by atoms with Gasteiger partial charge in [0, 0.05) is 42.6 Å². The Morgan fingerprint density at radius 1 is 1.18 bits per heavy atom. The first-order chi connectivity index (χ1) is 18.3. The van der Waals surface area contributed by atoms with E-state index < -0.39 is 12.5 Å². The van der Waals surface area contributed by atoms with E-state index in [4.69, 9.17) is 0 Å². The summed E-state index contributed by atoms with van der Waals surface area (Å²) >= 11 is 1.40. The van der Waals surface area contributed by atoms with Crippen molar-refractivity contribution >= 4 is 28.8 Å². The van der Waals surface area contributed by atoms with Gasteiger partial charge in [-0.3, -0.25) is 9.59 Å². The van der Waals surface area contributed by atoms with Gasteiger partial charge in [0.1, 0.15) is 11.4 Å². The molecule has 3 aromatic heterocycles. The molecule has 0 bridgehead atoms. The first-order valence-corrected chi connectivity index (χ1v) is 12.9. The van der Waals surface area contributed by atoms with Crippen LogP contribution in [0.15, 0.2) is 35.7 Å². The van der Waals surface area contributed by atoms with Crippen molar-refractivity contribution < 1.29 is 23.1 Å². The van der Waals surface area contributed by atoms with Gasteiger partial charge in [-0.1, -0.05) is 18.2 Å². The molecule has 1 aliphatic rings. The Morgan fingerprint density at radius 2 is 1.95 bits per heavy atom. The van der Waals surface area contributed by atoms with Gasteiger partial charge in [0.2, 0.25) is 0 Å². The molecular weight excluding hydrogens is 516 g/mol. The zero-order valence-electron chi connectivity index (χ0n) is 20.7. The Hall–Kier alpha value is -4.00. The highest BCUT2D eigenvalue weighted by Gasteiger charge is 2.29. The smallest absolute Gasteiger partial charge is 0.387 e. The minimum absolute atomic E-state index is 0.0175. The second kappa shape index (κ2) is 10.8. The summed E-state index contributed by atoms with van der Waals surface area (Å²) < 4.78 is 31.4. The number of benzene rings is 1. The number of nitrogens with one attached hydrogen (secondary N) is 1. The van der Waals surface area contributed by atoms with Gasteiger partial charge in [-0.25, -0.2) is 9.50 Å². The largest absolute Gasteiger partial charge is 0.434 e. The van der Waals surface area contributed by atoms with Gasteiger partial charge in [-0.2, -0.15) is 13.9 Å². The molecule has 0 saturated carbocycles.